The predicted molar refractivity (Wildman–Crippen MR) is 136 cm³/mol. The van der Waals surface area contributed by atoms with E-state index in [1.165, 1.54) is 18.2 Å². The Hall–Kier alpha value is -3.33. The summed E-state index contributed by atoms with van der Waals surface area (Å²) in [6, 6.07) is 16.9. The molecule has 0 bridgehead atoms. The first-order chi connectivity index (χ1) is 17.0. The largest absolute Gasteiger partial charge is 0.497 e. The van der Waals surface area contributed by atoms with Crippen molar-refractivity contribution in [2.45, 2.75) is 50.4 Å². The molecule has 1 heterocycles. The summed E-state index contributed by atoms with van der Waals surface area (Å²) in [5, 5.41) is 15.3. The van der Waals surface area contributed by atoms with Gasteiger partial charge in [-0.15, -0.1) is 10.2 Å². The van der Waals surface area contributed by atoms with Crippen molar-refractivity contribution < 1.29 is 14.3 Å². The van der Waals surface area contributed by atoms with Crippen LogP contribution in [0, 0.1) is 5.92 Å². The van der Waals surface area contributed by atoms with Gasteiger partial charge in [0.2, 0.25) is 5.91 Å². The molecule has 9 heteroatoms. The zero-order valence-corrected chi connectivity index (χ0v) is 20.9. The van der Waals surface area contributed by atoms with E-state index in [1.54, 1.807) is 31.4 Å². The molecule has 1 aromatic heterocycles. The van der Waals surface area contributed by atoms with Crippen molar-refractivity contribution in [1.29, 1.82) is 0 Å². The highest BCUT2D eigenvalue weighted by Gasteiger charge is 2.23. The highest BCUT2D eigenvalue weighted by Crippen LogP contribution is 2.25. The molecule has 0 aliphatic heterocycles. The summed E-state index contributed by atoms with van der Waals surface area (Å²) in [6.07, 6.45) is 4.60. The van der Waals surface area contributed by atoms with Crippen LogP contribution < -0.4 is 15.4 Å². The summed E-state index contributed by atoms with van der Waals surface area (Å²) < 4.78 is 7.03. The van der Waals surface area contributed by atoms with E-state index in [-0.39, 0.29) is 30.2 Å². The number of aromatic nitrogens is 3. The normalized spacial score (nSPS) is 17.5. The zero-order chi connectivity index (χ0) is 24.6. The molecule has 184 valence electrons. The lowest BCUT2D eigenvalue weighted by Gasteiger charge is -2.29. The summed E-state index contributed by atoms with van der Waals surface area (Å²) in [4.78, 5) is 25.3. The maximum atomic E-state index is 12.6. The SMILES string of the molecule is COc1ccc(C(=O)NCc2nnc(SCC(=O)N[C@@H]3CCCC[C@H]3C)n2-c2ccccc2)cc1. The first-order valence-electron chi connectivity index (χ1n) is 11.9. The second kappa shape index (κ2) is 11.9. The average Bonchev–Trinajstić information content (AvgIpc) is 3.30. The Kier molecular flexibility index (Phi) is 8.41. The molecule has 35 heavy (non-hydrogen) atoms. The molecule has 2 atom stereocenters. The number of nitrogens with one attached hydrogen (secondary N) is 2. The Morgan fingerprint density at radius 1 is 1.06 bits per heavy atom. The number of nitrogens with zero attached hydrogens (tertiary/aromatic N) is 3. The molecule has 0 unspecified atom stereocenters. The van der Waals surface area contributed by atoms with Crippen LogP contribution in [0.1, 0.15) is 48.8 Å². The van der Waals surface area contributed by atoms with E-state index in [4.69, 9.17) is 4.74 Å². The van der Waals surface area contributed by atoms with Crippen LogP contribution in [0.2, 0.25) is 0 Å². The number of carbonyl (C=O) groups excluding carboxylic acids is 2. The Labute approximate surface area is 209 Å². The van der Waals surface area contributed by atoms with Crippen molar-refractivity contribution in [2.75, 3.05) is 12.9 Å². The minimum atomic E-state index is -0.217. The van der Waals surface area contributed by atoms with Gasteiger partial charge in [0.05, 0.1) is 19.4 Å². The van der Waals surface area contributed by atoms with E-state index in [0.29, 0.717) is 28.2 Å². The highest BCUT2D eigenvalue weighted by molar-refractivity contribution is 7.99. The fourth-order valence-electron chi connectivity index (χ4n) is 4.26. The number of rotatable bonds is 9. The Bertz CT molecular complexity index is 1130. The molecule has 1 fully saturated rings. The van der Waals surface area contributed by atoms with Gasteiger partial charge in [-0.25, -0.2) is 0 Å². The van der Waals surface area contributed by atoms with Crippen LogP contribution in [-0.4, -0.2) is 45.5 Å². The van der Waals surface area contributed by atoms with Gasteiger partial charge in [0.1, 0.15) is 5.75 Å². The van der Waals surface area contributed by atoms with Gasteiger partial charge >= 0.3 is 0 Å². The number of thioether (sulfide) groups is 1. The van der Waals surface area contributed by atoms with E-state index in [0.717, 1.165) is 24.9 Å². The molecular formula is C26H31N5O3S. The summed E-state index contributed by atoms with van der Waals surface area (Å²) in [6.45, 7) is 2.40. The third-order valence-electron chi connectivity index (χ3n) is 6.26. The molecule has 8 nitrogen and oxygen atoms in total. The molecule has 0 saturated heterocycles. The Balaban J connectivity index is 1.44. The lowest BCUT2D eigenvalue weighted by atomic mass is 9.86. The molecule has 4 rings (SSSR count). The molecule has 3 aromatic rings. The molecule has 0 spiro atoms. The van der Waals surface area contributed by atoms with Crippen LogP contribution in [-0.2, 0) is 11.3 Å². The summed E-state index contributed by atoms with van der Waals surface area (Å²) in [7, 11) is 1.58. The second-order valence-corrected chi connectivity index (χ2v) is 9.65. The van der Waals surface area contributed by atoms with E-state index in [1.807, 2.05) is 34.9 Å². The number of ether oxygens (including phenoxy) is 1. The van der Waals surface area contributed by atoms with Crippen molar-refractivity contribution in [3.8, 4) is 11.4 Å². The van der Waals surface area contributed by atoms with E-state index >= 15 is 0 Å². The van der Waals surface area contributed by atoms with E-state index < -0.39 is 0 Å². The summed E-state index contributed by atoms with van der Waals surface area (Å²) in [5.74, 6) is 1.82. The molecule has 2 amide bonds. The number of benzene rings is 2. The summed E-state index contributed by atoms with van der Waals surface area (Å²) in [5.41, 5.74) is 1.40. The monoisotopic (exact) mass is 493 g/mol. The van der Waals surface area contributed by atoms with E-state index in [9.17, 15) is 9.59 Å². The molecule has 0 radical (unpaired) electrons. The van der Waals surface area contributed by atoms with E-state index in [2.05, 4.69) is 27.8 Å². The molecule has 2 N–H and O–H groups in total. The fraction of sp³-hybridized carbons (Fsp3) is 0.385. The molecule has 1 saturated carbocycles. The van der Waals surface area contributed by atoms with Crippen LogP contribution in [0.4, 0.5) is 0 Å². The number of hydrogen-bond acceptors (Lipinski definition) is 6. The van der Waals surface area contributed by atoms with Gasteiger partial charge in [0.25, 0.3) is 5.91 Å². The first kappa shape index (κ1) is 24.8. The Morgan fingerprint density at radius 3 is 2.51 bits per heavy atom. The van der Waals surface area contributed by atoms with Gasteiger partial charge in [0, 0.05) is 17.3 Å². The van der Waals surface area contributed by atoms with Crippen LogP contribution >= 0.6 is 11.8 Å². The lowest BCUT2D eigenvalue weighted by Crippen LogP contribution is -2.41. The van der Waals surface area contributed by atoms with Gasteiger partial charge in [-0.3, -0.25) is 14.2 Å². The smallest absolute Gasteiger partial charge is 0.251 e. The van der Waals surface area contributed by atoms with Crippen molar-refractivity contribution in [3.63, 3.8) is 0 Å². The van der Waals surface area contributed by atoms with Crippen LogP contribution in [0.25, 0.3) is 5.69 Å². The van der Waals surface area contributed by atoms with Gasteiger partial charge in [-0.1, -0.05) is 49.7 Å². The van der Waals surface area contributed by atoms with Gasteiger partial charge in [0.15, 0.2) is 11.0 Å². The highest BCUT2D eigenvalue weighted by atomic mass is 32.2. The van der Waals surface area contributed by atoms with Crippen molar-refractivity contribution in [2.24, 2.45) is 5.92 Å². The number of methoxy groups -OCH3 is 1. The lowest BCUT2D eigenvalue weighted by molar-refractivity contribution is -0.119. The summed E-state index contributed by atoms with van der Waals surface area (Å²) >= 11 is 1.35. The van der Waals surface area contributed by atoms with Crippen LogP contribution in [0.5, 0.6) is 5.75 Å². The molecule has 2 aromatic carbocycles. The minimum Gasteiger partial charge on any atom is -0.497 e. The number of hydrogen-bond donors (Lipinski definition) is 2. The molecule has 1 aliphatic rings. The molecular weight excluding hydrogens is 462 g/mol. The second-order valence-electron chi connectivity index (χ2n) is 8.71. The predicted octanol–water partition coefficient (Wildman–Crippen LogP) is 3.99. The van der Waals surface area contributed by atoms with Gasteiger partial charge in [-0.05, 0) is 55.2 Å². The average molecular weight is 494 g/mol. The first-order valence-corrected chi connectivity index (χ1v) is 12.9. The standard InChI is InChI=1S/C26H31N5O3S/c1-18-8-6-7-11-22(18)28-24(32)17-35-26-30-29-23(31(26)20-9-4-3-5-10-20)16-27-25(33)19-12-14-21(34-2)15-13-19/h3-5,9-10,12-15,18,22H,6-8,11,16-17H2,1-2H3,(H,27,33)(H,28,32)/t18-,22-/m1/s1. The molecule has 1 aliphatic carbocycles. The number of amides is 2. The van der Waals surface area contributed by atoms with Crippen molar-refractivity contribution in [1.82, 2.24) is 25.4 Å². The Morgan fingerprint density at radius 2 is 1.80 bits per heavy atom. The quantitative estimate of drug-likeness (QED) is 0.438. The van der Waals surface area contributed by atoms with Crippen molar-refractivity contribution in [3.05, 3.63) is 66.0 Å². The zero-order valence-electron chi connectivity index (χ0n) is 20.1. The van der Waals surface area contributed by atoms with Crippen LogP contribution in [0.15, 0.2) is 59.8 Å². The number of para-hydroxylation sites is 1. The maximum Gasteiger partial charge on any atom is 0.251 e. The van der Waals surface area contributed by atoms with Gasteiger partial charge in [-0.2, -0.15) is 0 Å². The van der Waals surface area contributed by atoms with Crippen molar-refractivity contribution >= 4 is 23.6 Å². The maximum absolute atomic E-state index is 12.6. The topological polar surface area (TPSA) is 98.1 Å². The van der Waals surface area contributed by atoms with Crippen LogP contribution in [0.3, 0.4) is 0 Å². The minimum absolute atomic E-state index is 0.00530. The fourth-order valence-corrected chi connectivity index (χ4v) is 5.04. The third kappa shape index (κ3) is 6.42. The number of carbonyl (C=O) groups is 2. The van der Waals surface area contributed by atoms with Gasteiger partial charge < -0.3 is 15.4 Å². The third-order valence-corrected chi connectivity index (χ3v) is 7.19.